The summed E-state index contributed by atoms with van der Waals surface area (Å²) in [4.78, 5) is 4.10. The Labute approximate surface area is 193 Å². The third kappa shape index (κ3) is 4.02. The molecule has 3 aromatic heterocycles. The van der Waals surface area contributed by atoms with Crippen LogP contribution in [0.25, 0.3) is 28.5 Å². The minimum absolute atomic E-state index is 0.452. The molecule has 3 heterocycles. The number of aromatic nitrogens is 6. The quantitative estimate of drug-likeness (QED) is 0.303. The lowest BCUT2D eigenvalue weighted by Crippen LogP contribution is -2.02. The van der Waals surface area contributed by atoms with Gasteiger partial charge in [-0.1, -0.05) is 47.6 Å². The van der Waals surface area contributed by atoms with E-state index in [1.54, 1.807) is 12.4 Å². The molecule has 5 aromatic rings. The fraction of sp³-hybridized carbons (Fsp3) is 0.0870. The third-order valence-electron chi connectivity index (χ3n) is 4.86. The molecule has 0 aliphatic rings. The Morgan fingerprint density at radius 1 is 0.875 bits per heavy atom. The monoisotopic (exact) mass is 460 g/mol. The van der Waals surface area contributed by atoms with Gasteiger partial charge < -0.3 is 4.42 Å². The molecule has 0 fully saturated rings. The van der Waals surface area contributed by atoms with E-state index in [-0.39, 0.29) is 0 Å². The second kappa shape index (κ2) is 8.94. The van der Waals surface area contributed by atoms with E-state index < -0.39 is 0 Å². The zero-order valence-corrected chi connectivity index (χ0v) is 18.6. The van der Waals surface area contributed by atoms with Crippen LogP contribution >= 0.6 is 23.4 Å². The Balaban J connectivity index is 1.49. The van der Waals surface area contributed by atoms with Gasteiger partial charge in [-0.25, -0.2) is 0 Å². The maximum Gasteiger partial charge on any atom is 0.247 e. The maximum atomic E-state index is 6.41. The van der Waals surface area contributed by atoms with Crippen molar-refractivity contribution in [2.75, 3.05) is 0 Å². The van der Waals surface area contributed by atoms with E-state index >= 15 is 0 Å². The molecule has 0 aliphatic carbocycles. The Kier molecular flexibility index (Phi) is 5.70. The molecule has 2 aromatic carbocycles. The van der Waals surface area contributed by atoms with Crippen LogP contribution in [0, 0.1) is 6.92 Å². The van der Waals surface area contributed by atoms with E-state index in [0.29, 0.717) is 33.5 Å². The molecule has 0 saturated carbocycles. The van der Waals surface area contributed by atoms with Crippen molar-refractivity contribution in [2.24, 2.45) is 0 Å². The lowest BCUT2D eigenvalue weighted by Gasteiger charge is -2.13. The van der Waals surface area contributed by atoms with Gasteiger partial charge in [0.1, 0.15) is 0 Å². The first-order valence-electron chi connectivity index (χ1n) is 9.82. The van der Waals surface area contributed by atoms with Gasteiger partial charge in [0, 0.05) is 28.5 Å². The van der Waals surface area contributed by atoms with E-state index in [2.05, 4.69) is 25.4 Å². The number of thioether (sulfide) groups is 1. The van der Waals surface area contributed by atoms with Crippen molar-refractivity contribution in [3.05, 3.63) is 89.5 Å². The zero-order chi connectivity index (χ0) is 21.9. The molecule has 32 heavy (non-hydrogen) atoms. The summed E-state index contributed by atoms with van der Waals surface area (Å²) in [5.41, 5.74) is 3.64. The number of rotatable bonds is 6. The Bertz CT molecular complexity index is 1350. The van der Waals surface area contributed by atoms with Crippen molar-refractivity contribution in [3.63, 3.8) is 0 Å². The van der Waals surface area contributed by atoms with E-state index in [0.717, 1.165) is 22.4 Å². The normalized spacial score (nSPS) is 11.1. The molecule has 0 spiro atoms. The fourth-order valence-electron chi connectivity index (χ4n) is 3.24. The molecule has 5 rings (SSSR count). The molecule has 0 unspecified atom stereocenters. The molecular weight excluding hydrogens is 444 g/mol. The van der Waals surface area contributed by atoms with Gasteiger partial charge in [0.2, 0.25) is 11.8 Å². The van der Waals surface area contributed by atoms with Crippen molar-refractivity contribution >= 4 is 23.4 Å². The summed E-state index contributed by atoms with van der Waals surface area (Å²) in [6.07, 6.45) is 3.46. The molecule has 158 valence electrons. The van der Waals surface area contributed by atoms with Gasteiger partial charge in [0.05, 0.1) is 11.4 Å². The number of pyridine rings is 1. The average molecular weight is 461 g/mol. The van der Waals surface area contributed by atoms with Crippen molar-refractivity contribution < 1.29 is 4.42 Å². The SMILES string of the molecule is Cc1c(Cl)cccc1-n1c(SCc2nnc(-c3ccccc3)o2)nnc1-c1ccncc1. The lowest BCUT2D eigenvalue weighted by molar-refractivity contribution is 0.528. The molecule has 0 bridgehead atoms. The lowest BCUT2D eigenvalue weighted by atomic mass is 10.2. The minimum Gasteiger partial charge on any atom is -0.420 e. The summed E-state index contributed by atoms with van der Waals surface area (Å²) in [5, 5.41) is 18.6. The average Bonchev–Trinajstić information content (AvgIpc) is 3.48. The number of hydrogen-bond donors (Lipinski definition) is 0. The van der Waals surface area contributed by atoms with Gasteiger partial charge in [-0.05, 0) is 48.9 Å². The summed E-state index contributed by atoms with van der Waals surface area (Å²) >= 11 is 7.88. The van der Waals surface area contributed by atoms with Crippen molar-refractivity contribution in [1.82, 2.24) is 29.9 Å². The highest BCUT2D eigenvalue weighted by Crippen LogP contribution is 2.32. The molecular formula is C23H17ClN6OS. The highest BCUT2D eigenvalue weighted by atomic mass is 35.5. The van der Waals surface area contributed by atoms with Crippen LogP contribution in [-0.2, 0) is 5.75 Å². The first-order chi connectivity index (χ1) is 15.7. The molecule has 0 N–H and O–H groups in total. The standard InChI is InChI=1S/C23H17ClN6OS/c1-15-18(24)8-5-9-19(15)30-21(16-10-12-25-13-11-16)27-29-23(30)32-14-20-26-28-22(31-20)17-6-3-2-4-7-17/h2-13H,14H2,1H3. The van der Waals surface area contributed by atoms with E-state index in [4.69, 9.17) is 16.0 Å². The second-order valence-corrected chi connectivity index (χ2v) is 8.27. The van der Waals surface area contributed by atoms with Gasteiger partial charge in [-0.2, -0.15) is 0 Å². The summed E-state index contributed by atoms with van der Waals surface area (Å²) < 4.78 is 7.84. The first kappa shape index (κ1) is 20.4. The number of hydrogen-bond acceptors (Lipinski definition) is 7. The van der Waals surface area contributed by atoms with E-state index in [9.17, 15) is 0 Å². The zero-order valence-electron chi connectivity index (χ0n) is 17.0. The third-order valence-corrected chi connectivity index (χ3v) is 6.19. The first-order valence-corrected chi connectivity index (χ1v) is 11.2. The highest BCUT2D eigenvalue weighted by Gasteiger charge is 2.19. The van der Waals surface area contributed by atoms with Crippen molar-refractivity contribution in [1.29, 1.82) is 0 Å². The molecule has 0 amide bonds. The van der Waals surface area contributed by atoms with Crippen LogP contribution in [0.2, 0.25) is 5.02 Å². The Morgan fingerprint density at radius 2 is 1.69 bits per heavy atom. The fourth-order valence-corrected chi connectivity index (χ4v) is 4.19. The van der Waals surface area contributed by atoms with Gasteiger partial charge >= 0.3 is 0 Å². The number of benzene rings is 2. The minimum atomic E-state index is 0.452. The smallest absolute Gasteiger partial charge is 0.247 e. The second-order valence-electron chi connectivity index (χ2n) is 6.92. The predicted molar refractivity (Wildman–Crippen MR) is 124 cm³/mol. The van der Waals surface area contributed by atoms with Crippen molar-refractivity contribution in [3.8, 4) is 28.5 Å². The molecule has 9 heteroatoms. The van der Waals surface area contributed by atoms with Crippen molar-refractivity contribution in [2.45, 2.75) is 17.8 Å². The van der Waals surface area contributed by atoms with Gasteiger partial charge in [-0.15, -0.1) is 20.4 Å². The van der Waals surface area contributed by atoms with Gasteiger partial charge in [0.25, 0.3) is 0 Å². The molecule has 7 nitrogen and oxygen atoms in total. The van der Waals surface area contributed by atoms with Crippen LogP contribution in [0.4, 0.5) is 0 Å². The predicted octanol–water partition coefficient (Wildman–Crippen LogP) is 5.63. The summed E-state index contributed by atoms with van der Waals surface area (Å²) in [7, 11) is 0. The number of nitrogens with zero attached hydrogens (tertiary/aromatic N) is 6. The highest BCUT2D eigenvalue weighted by molar-refractivity contribution is 7.98. The molecule has 0 radical (unpaired) electrons. The summed E-state index contributed by atoms with van der Waals surface area (Å²) in [5.74, 6) is 2.16. The maximum absolute atomic E-state index is 6.41. The van der Waals surface area contributed by atoms with Crippen LogP contribution in [0.1, 0.15) is 11.5 Å². The largest absolute Gasteiger partial charge is 0.420 e. The van der Waals surface area contributed by atoms with Gasteiger partial charge in [-0.3, -0.25) is 9.55 Å². The van der Waals surface area contributed by atoms with Crippen LogP contribution < -0.4 is 0 Å². The Hall–Kier alpha value is -3.49. The molecule has 0 saturated heterocycles. The summed E-state index contributed by atoms with van der Waals surface area (Å²) in [6, 6.07) is 19.3. The topological polar surface area (TPSA) is 82.5 Å². The van der Waals surface area contributed by atoms with Crippen LogP contribution in [0.15, 0.2) is 82.6 Å². The molecule has 0 atom stereocenters. The van der Waals surface area contributed by atoms with Crippen LogP contribution in [0.3, 0.4) is 0 Å². The van der Waals surface area contributed by atoms with Crippen LogP contribution in [0.5, 0.6) is 0 Å². The number of halogens is 1. The van der Waals surface area contributed by atoms with Gasteiger partial charge in [0.15, 0.2) is 11.0 Å². The van der Waals surface area contributed by atoms with E-state index in [1.807, 2.05) is 72.2 Å². The van der Waals surface area contributed by atoms with Crippen LogP contribution in [-0.4, -0.2) is 29.9 Å². The summed E-state index contributed by atoms with van der Waals surface area (Å²) in [6.45, 7) is 1.98. The Morgan fingerprint density at radius 3 is 2.50 bits per heavy atom. The molecule has 0 aliphatic heterocycles. The van der Waals surface area contributed by atoms with E-state index in [1.165, 1.54) is 11.8 Å².